The van der Waals surface area contributed by atoms with Crippen molar-refractivity contribution < 1.29 is 0 Å². The highest BCUT2D eigenvalue weighted by molar-refractivity contribution is 14.0. The van der Waals surface area contributed by atoms with Gasteiger partial charge in [0, 0.05) is 18.1 Å². The van der Waals surface area contributed by atoms with Crippen LogP contribution in [0.3, 0.4) is 0 Å². The minimum absolute atomic E-state index is 0. The number of nitrogens with two attached hydrogens (primary N) is 1. The molecule has 3 nitrogen and oxygen atoms in total. The number of piperidine rings is 1. The summed E-state index contributed by atoms with van der Waals surface area (Å²) in [6.07, 6.45) is 3.74. The molecule has 5 heteroatoms. The molecule has 0 amide bonds. The topological polar surface area (TPSA) is 41.6 Å². The zero-order valence-electron chi connectivity index (χ0n) is 11.2. The normalized spacial score (nSPS) is 16.1. The first-order valence-corrected chi connectivity index (χ1v) is 6.84. The molecule has 1 heterocycles. The number of aliphatic imine (C=N–C) groups is 1. The molecule has 1 aliphatic heterocycles. The third-order valence-corrected chi connectivity index (χ3v) is 3.75. The fourth-order valence-corrected chi connectivity index (χ4v) is 2.32. The number of hydrogen-bond acceptors (Lipinski definition) is 1. The number of hydrogen-bond donors (Lipinski definition) is 1. The van der Waals surface area contributed by atoms with Gasteiger partial charge in [0.05, 0.1) is 6.54 Å². The molecule has 0 bridgehead atoms. The van der Waals surface area contributed by atoms with E-state index in [9.17, 15) is 0 Å². The van der Waals surface area contributed by atoms with Crippen LogP contribution >= 0.6 is 35.6 Å². The van der Waals surface area contributed by atoms with Gasteiger partial charge in [-0.3, -0.25) is 0 Å². The van der Waals surface area contributed by atoms with Crippen LogP contribution in [0.2, 0.25) is 5.02 Å². The van der Waals surface area contributed by atoms with Crippen LogP contribution in [0.5, 0.6) is 0 Å². The number of halogens is 2. The molecule has 0 spiro atoms. The van der Waals surface area contributed by atoms with Crippen molar-refractivity contribution in [2.75, 3.05) is 13.1 Å². The zero-order valence-corrected chi connectivity index (χ0v) is 14.3. The van der Waals surface area contributed by atoms with Crippen molar-refractivity contribution in [2.45, 2.75) is 32.7 Å². The maximum absolute atomic E-state index is 6.01. The Morgan fingerprint density at radius 1 is 1.32 bits per heavy atom. The van der Waals surface area contributed by atoms with Gasteiger partial charge in [0.1, 0.15) is 0 Å². The Morgan fingerprint density at radius 2 is 2.00 bits per heavy atom. The number of guanidine groups is 1. The van der Waals surface area contributed by atoms with Crippen LogP contribution in [0.15, 0.2) is 23.2 Å². The lowest BCUT2D eigenvalue weighted by Crippen LogP contribution is -2.40. The first-order valence-electron chi connectivity index (χ1n) is 6.47. The summed E-state index contributed by atoms with van der Waals surface area (Å²) >= 11 is 6.00. The fourth-order valence-electron chi connectivity index (χ4n) is 2.20. The van der Waals surface area contributed by atoms with Gasteiger partial charge in [-0.25, -0.2) is 4.99 Å². The molecule has 0 atom stereocenters. The van der Waals surface area contributed by atoms with E-state index in [0.29, 0.717) is 12.5 Å². The van der Waals surface area contributed by atoms with E-state index < -0.39 is 0 Å². The van der Waals surface area contributed by atoms with E-state index in [1.807, 2.05) is 19.1 Å². The van der Waals surface area contributed by atoms with E-state index in [1.165, 1.54) is 19.3 Å². The van der Waals surface area contributed by atoms with Crippen molar-refractivity contribution >= 4 is 41.5 Å². The molecule has 0 saturated carbocycles. The molecule has 0 unspecified atom stereocenters. The fraction of sp³-hybridized carbons (Fsp3) is 0.500. The van der Waals surface area contributed by atoms with Gasteiger partial charge < -0.3 is 10.6 Å². The number of aryl methyl sites for hydroxylation is 1. The second-order valence-electron chi connectivity index (χ2n) is 4.81. The Hall–Kier alpha value is -0.490. The Kier molecular flexibility index (Phi) is 6.93. The summed E-state index contributed by atoms with van der Waals surface area (Å²) < 4.78 is 0. The third-order valence-electron chi connectivity index (χ3n) is 3.33. The van der Waals surface area contributed by atoms with E-state index in [-0.39, 0.29) is 24.0 Å². The summed E-state index contributed by atoms with van der Waals surface area (Å²) in [7, 11) is 0. The lowest BCUT2D eigenvalue weighted by molar-refractivity contribution is 0.338. The molecule has 0 aromatic heterocycles. The van der Waals surface area contributed by atoms with E-state index in [0.717, 1.165) is 29.2 Å². The molecular weight excluding hydrogens is 373 g/mol. The van der Waals surface area contributed by atoms with Crippen LogP contribution in [-0.4, -0.2) is 23.9 Å². The quantitative estimate of drug-likeness (QED) is 0.474. The van der Waals surface area contributed by atoms with Gasteiger partial charge in [0.25, 0.3) is 0 Å². The van der Waals surface area contributed by atoms with Gasteiger partial charge in [-0.2, -0.15) is 0 Å². The van der Waals surface area contributed by atoms with Crippen LogP contribution in [0, 0.1) is 6.92 Å². The summed E-state index contributed by atoms with van der Waals surface area (Å²) in [5.74, 6) is 0.669. The van der Waals surface area contributed by atoms with Crippen LogP contribution in [0.1, 0.15) is 30.4 Å². The predicted molar refractivity (Wildman–Crippen MR) is 92.4 cm³/mol. The Bertz CT molecular complexity index is 442. The zero-order chi connectivity index (χ0) is 13.0. The summed E-state index contributed by atoms with van der Waals surface area (Å²) in [5.41, 5.74) is 8.25. The molecule has 1 aromatic rings. The SMILES string of the molecule is Cc1cc(CN=C(N)N2CCCCC2)ccc1Cl.I. The molecular formula is C14H21ClIN3. The summed E-state index contributed by atoms with van der Waals surface area (Å²) in [6.45, 7) is 4.70. The van der Waals surface area contributed by atoms with E-state index in [4.69, 9.17) is 17.3 Å². The van der Waals surface area contributed by atoms with Crippen LogP contribution < -0.4 is 5.73 Å². The molecule has 106 valence electrons. The highest BCUT2D eigenvalue weighted by Crippen LogP contribution is 2.17. The lowest BCUT2D eigenvalue weighted by Gasteiger charge is -2.27. The molecule has 0 aliphatic carbocycles. The van der Waals surface area contributed by atoms with Gasteiger partial charge in [-0.15, -0.1) is 24.0 Å². The van der Waals surface area contributed by atoms with Crippen molar-refractivity contribution in [3.05, 3.63) is 34.3 Å². The minimum Gasteiger partial charge on any atom is -0.370 e. The van der Waals surface area contributed by atoms with Crippen molar-refractivity contribution in [3.8, 4) is 0 Å². The van der Waals surface area contributed by atoms with Crippen LogP contribution in [0.25, 0.3) is 0 Å². The highest BCUT2D eigenvalue weighted by Gasteiger charge is 2.11. The molecule has 0 radical (unpaired) electrons. The van der Waals surface area contributed by atoms with Gasteiger partial charge in [0.15, 0.2) is 5.96 Å². The molecule has 2 N–H and O–H groups in total. The van der Waals surface area contributed by atoms with Crippen molar-refractivity contribution in [1.29, 1.82) is 0 Å². The number of rotatable bonds is 2. The van der Waals surface area contributed by atoms with Crippen molar-refractivity contribution in [1.82, 2.24) is 4.90 Å². The number of likely N-dealkylation sites (tertiary alicyclic amines) is 1. The molecule has 1 aromatic carbocycles. The molecule has 1 aliphatic rings. The van der Waals surface area contributed by atoms with Crippen molar-refractivity contribution in [2.24, 2.45) is 10.7 Å². The predicted octanol–water partition coefficient (Wildman–Crippen LogP) is 3.57. The van der Waals surface area contributed by atoms with Crippen LogP contribution in [-0.2, 0) is 6.54 Å². The van der Waals surface area contributed by atoms with Gasteiger partial charge in [-0.1, -0.05) is 23.7 Å². The van der Waals surface area contributed by atoms with E-state index in [2.05, 4.69) is 16.0 Å². The minimum atomic E-state index is 0. The molecule has 1 saturated heterocycles. The Balaban J connectivity index is 0.00000180. The van der Waals surface area contributed by atoms with Crippen LogP contribution in [0.4, 0.5) is 0 Å². The third kappa shape index (κ3) is 4.84. The van der Waals surface area contributed by atoms with Gasteiger partial charge >= 0.3 is 0 Å². The number of benzene rings is 1. The lowest BCUT2D eigenvalue weighted by atomic mass is 10.1. The average Bonchev–Trinajstić information content (AvgIpc) is 2.41. The molecule has 19 heavy (non-hydrogen) atoms. The first-order chi connectivity index (χ1) is 8.66. The molecule has 1 fully saturated rings. The first kappa shape index (κ1) is 16.6. The highest BCUT2D eigenvalue weighted by atomic mass is 127. The van der Waals surface area contributed by atoms with Gasteiger partial charge in [-0.05, 0) is 43.4 Å². The second kappa shape index (κ2) is 7.94. The maximum Gasteiger partial charge on any atom is 0.191 e. The van der Waals surface area contributed by atoms with Crippen molar-refractivity contribution in [3.63, 3.8) is 0 Å². The Morgan fingerprint density at radius 3 is 2.63 bits per heavy atom. The van der Waals surface area contributed by atoms with E-state index in [1.54, 1.807) is 0 Å². The standard InChI is InChI=1S/C14H20ClN3.HI/c1-11-9-12(5-6-13(11)15)10-17-14(16)18-7-3-2-4-8-18;/h5-6,9H,2-4,7-8,10H2,1H3,(H2,16,17);1H. The monoisotopic (exact) mass is 393 g/mol. The largest absolute Gasteiger partial charge is 0.370 e. The summed E-state index contributed by atoms with van der Waals surface area (Å²) in [6, 6.07) is 5.98. The maximum atomic E-state index is 6.01. The van der Waals surface area contributed by atoms with E-state index >= 15 is 0 Å². The molecule has 2 rings (SSSR count). The smallest absolute Gasteiger partial charge is 0.191 e. The van der Waals surface area contributed by atoms with Gasteiger partial charge in [0.2, 0.25) is 0 Å². The summed E-state index contributed by atoms with van der Waals surface area (Å²) in [4.78, 5) is 6.64. The number of nitrogens with zero attached hydrogens (tertiary/aromatic N) is 2. The Labute approximate surface area is 137 Å². The summed E-state index contributed by atoms with van der Waals surface area (Å²) in [5, 5.41) is 0.798. The second-order valence-corrected chi connectivity index (χ2v) is 5.21. The average molecular weight is 394 g/mol.